The molecule has 0 aromatic rings. The third-order valence-electron chi connectivity index (χ3n) is 1.73. The maximum Gasteiger partial charge on any atom is -0.0272 e. The fourth-order valence-corrected chi connectivity index (χ4v) is 1.11. The average Bonchev–Trinajstić information content (AvgIpc) is 1.89. The van der Waals surface area contributed by atoms with Crippen LogP contribution >= 0.6 is 0 Å². The zero-order valence-corrected chi connectivity index (χ0v) is 7.19. The van der Waals surface area contributed by atoms with Gasteiger partial charge in [0.1, 0.15) is 0 Å². The topological polar surface area (TPSA) is 0 Å². The van der Waals surface area contributed by atoms with Gasteiger partial charge in [0.25, 0.3) is 0 Å². The van der Waals surface area contributed by atoms with Crippen LogP contribution in [-0.4, -0.2) is 0 Å². The van der Waals surface area contributed by atoms with Crippen molar-refractivity contribution in [2.75, 3.05) is 0 Å². The van der Waals surface area contributed by atoms with E-state index in [1.54, 1.807) is 0 Å². The molecule has 0 N–H and O–H groups in total. The van der Waals surface area contributed by atoms with E-state index in [1.165, 1.54) is 19.3 Å². The minimum absolute atomic E-state index is 0.870. The summed E-state index contributed by atoms with van der Waals surface area (Å²) in [5.74, 6) is 0.870. The summed E-state index contributed by atoms with van der Waals surface area (Å²) in [4.78, 5) is 0. The average molecular weight is 138 g/mol. The molecule has 0 rings (SSSR count). The van der Waals surface area contributed by atoms with E-state index < -0.39 is 0 Å². The molecule has 0 heteroatoms. The normalized spacial score (nSPS) is 12.2. The van der Waals surface area contributed by atoms with Gasteiger partial charge in [-0.25, -0.2) is 0 Å². The summed E-state index contributed by atoms with van der Waals surface area (Å²) < 4.78 is 0. The van der Waals surface area contributed by atoms with E-state index in [-0.39, 0.29) is 0 Å². The second-order valence-corrected chi connectivity index (χ2v) is 2.88. The van der Waals surface area contributed by atoms with Gasteiger partial charge >= 0.3 is 0 Å². The first-order chi connectivity index (χ1) is 4.81. The molecule has 1 atom stereocenters. The molecule has 0 fully saturated rings. The Bertz CT molecular complexity index is 107. The monoisotopic (exact) mass is 138 g/mol. The van der Waals surface area contributed by atoms with E-state index in [9.17, 15) is 0 Å². The van der Waals surface area contributed by atoms with Crippen LogP contribution in [-0.2, 0) is 0 Å². The summed E-state index contributed by atoms with van der Waals surface area (Å²) in [5.41, 5.74) is 2.79. The van der Waals surface area contributed by atoms with Crippen molar-refractivity contribution in [1.82, 2.24) is 0 Å². The predicted octanol–water partition coefficient (Wildman–Crippen LogP) is 3.54. The van der Waals surface area contributed by atoms with Crippen LogP contribution in [0.3, 0.4) is 0 Å². The van der Waals surface area contributed by atoms with Crippen LogP contribution in [0.5, 0.6) is 0 Å². The van der Waals surface area contributed by atoms with Crippen LogP contribution in [0, 0.1) is 5.92 Å². The van der Waals surface area contributed by atoms with Gasteiger partial charge in [0, 0.05) is 0 Å². The molecule has 0 saturated heterocycles. The van der Waals surface area contributed by atoms with Gasteiger partial charge in [0.2, 0.25) is 0 Å². The Morgan fingerprint density at radius 2 is 2.20 bits per heavy atom. The smallest absolute Gasteiger partial charge is 0.0272 e. The van der Waals surface area contributed by atoms with Crippen molar-refractivity contribution >= 4 is 0 Å². The van der Waals surface area contributed by atoms with Gasteiger partial charge in [0.15, 0.2) is 0 Å². The first kappa shape index (κ1) is 9.52. The van der Waals surface area contributed by atoms with Gasteiger partial charge in [-0.3, -0.25) is 0 Å². The lowest BCUT2D eigenvalue weighted by Crippen LogP contribution is -1.91. The fraction of sp³-hybridized carbons (Fsp3) is 0.700. The summed E-state index contributed by atoms with van der Waals surface area (Å²) >= 11 is 0. The molecular formula is C10H18. The Hall–Kier alpha value is -0.480. The Kier molecular flexibility index (Phi) is 6.32. The Balaban J connectivity index is 3.20. The SMILES string of the molecule is C=C=CCCC(C)CCC. The van der Waals surface area contributed by atoms with Crippen molar-refractivity contribution < 1.29 is 0 Å². The quantitative estimate of drug-likeness (QED) is 0.510. The van der Waals surface area contributed by atoms with Crippen molar-refractivity contribution in [3.8, 4) is 0 Å². The lowest BCUT2D eigenvalue weighted by Gasteiger charge is -2.05. The lowest BCUT2D eigenvalue weighted by molar-refractivity contribution is 0.491. The molecule has 0 aliphatic carbocycles. The molecule has 58 valence electrons. The summed E-state index contributed by atoms with van der Waals surface area (Å²) in [5, 5.41) is 0. The first-order valence-electron chi connectivity index (χ1n) is 4.15. The van der Waals surface area contributed by atoms with E-state index >= 15 is 0 Å². The lowest BCUT2D eigenvalue weighted by atomic mass is 10.0. The zero-order chi connectivity index (χ0) is 7.82. The second-order valence-electron chi connectivity index (χ2n) is 2.88. The molecule has 0 spiro atoms. The molecule has 1 unspecified atom stereocenters. The molecule has 0 radical (unpaired) electrons. The summed E-state index contributed by atoms with van der Waals surface area (Å²) in [6.07, 6.45) is 7.11. The van der Waals surface area contributed by atoms with Crippen LogP contribution in [0.15, 0.2) is 18.4 Å². The van der Waals surface area contributed by atoms with Gasteiger partial charge in [-0.05, 0) is 24.8 Å². The van der Waals surface area contributed by atoms with E-state index in [0.29, 0.717) is 0 Å². The number of hydrogen-bond acceptors (Lipinski definition) is 0. The highest BCUT2D eigenvalue weighted by Gasteiger charge is 1.96. The van der Waals surface area contributed by atoms with Gasteiger partial charge in [-0.2, -0.15) is 0 Å². The zero-order valence-electron chi connectivity index (χ0n) is 7.19. The highest BCUT2D eigenvalue weighted by molar-refractivity contribution is 4.75. The minimum atomic E-state index is 0.870. The molecule has 0 aliphatic rings. The summed E-state index contributed by atoms with van der Waals surface area (Å²) in [7, 11) is 0. The molecule has 0 aliphatic heterocycles. The summed E-state index contributed by atoms with van der Waals surface area (Å²) in [6, 6.07) is 0. The van der Waals surface area contributed by atoms with Crippen LogP contribution < -0.4 is 0 Å². The molecule has 10 heavy (non-hydrogen) atoms. The van der Waals surface area contributed by atoms with Crippen molar-refractivity contribution in [2.24, 2.45) is 5.92 Å². The van der Waals surface area contributed by atoms with Gasteiger partial charge < -0.3 is 0 Å². The van der Waals surface area contributed by atoms with E-state index in [1.807, 2.05) is 6.08 Å². The second kappa shape index (κ2) is 6.64. The van der Waals surface area contributed by atoms with Crippen molar-refractivity contribution in [1.29, 1.82) is 0 Å². The molecule has 0 aromatic heterocycles. The third-order valence-corrected chi connectivity index (χ3v) is 1.73. The van der Waals surface area contributed by atoms with Crippen LogP contribution in [0.1, 0.15) is 39.5 Å². The Morgan fingerprint density at radius 3 is 2.70 bits per heavy atom. The predicted molar refractivity (Wildman–Crippen MR) is 47.0 cm³/mol. The third kappa shape index (κ3) is 5.65. The molecular weight excluding hydrogens is 120 g/mol. The first-order valence-corrected chi connectivity index (χ1v) is 4.15. The molecule has 0 saturated carbocycles. The highest BCUT2D eigenvalue weighted by atomic mass is 14.0. The van der Waals surface area contributed by atoms with Gasteiger partial charge in [-0.1, -0.05) is 33.3 Å². The molecule has 0 aromatic carbocycles. The largest absolute Gasteiger partial charge is 0.133 e. The van der Waals surface area contributed by atoms with Crippen molar-refractivity contribution in [3.63, 3.8) is 0 Å². The Labute approximate surface area is 64.6 Å². The molecule has 0 heterocycles. The van der Waals surface area contributed by atoms with E-state index in [2.05, 4.69) is 26.2 Å². The van der Waals surface area contributed by atoms with Crippen LogP contribution in [0.25, 0.3) is 0 Å². The maximum absolute atomic E-state index is 3.52. The van der Waals surface area contributed by atoms with Gasteiger partial charge in [0.05, 0.1) is 0 Å². The Morgan fingerprint density at radius 1 is 1.50 bits per heavy atom. The van der Waals surface area contributed by atoms with Crippen molar-refractivity contribution in [3.05, 3.63) is 18.4 Å². The number of hydrogen-bond donors (Lipinski definition) is 0. The highest BCUT2D eigenvalue weighted by Crippen LogP contribution is 2.11. The molecule has 0 bridgehead atoms. The van der Waals surface area contributed by atoms with Crippen LogP contribution in [0.2, 0.25) is 0 Å². The molecule has 0 nitrogen and oxygen atoms in total. The maximum atomic E-state index is 3.52. The number of allylic oxidation sites excluding steroid dienone is 1. The summed E-state index contributed by atoms with van der Waals surface area (Å²) in [6.45, 7) is 8.06. The minimum Gasteiger partial charge on any atom is -0.133 e. The van der Waals surface area contributed by atoms with Crippen molar-refractivity contribution in [2.45, 2.75) is 39.5 Å². The van der Waals surface area contributed by atoms with Gasteiger partial charge in [-0.15, -0.1) is 5.73 Å². The van der Waals surface area contributed by atoms with E-state index in [4.69, 9.17) is 0 Å². The van der Waals surface area contributed by atoms with Crippen LogP contribution in [0.4, 0.5) is 0 Å². The van der Waals surface area contributed by atoms with E-state index in [0.717, 1.165) is 12.3 Å². The standard InChI is InChI=1S/C10H18/c1-4-6-7-9-10(3)8-5-2/h6,10H,1,5,7-9H2,2-3H3. The number of rotatable bonds is 5. The fourth-order valence-electron chi connectivity index (χ4n) is 1.11. The molecule has 0 amide bonds.